The predicted octanol–water partition coefficient (Wildman–Crippen LogP) is 5.63. The van der Waals surface area contributed by atoms with E-state index >= 15 is 0 Å². The molecule has 0 radical (unpaired) electrons. The Balaban J connectivity index is 1.42. The molecule has 33 heavy (non-hydrogen) atoms. The van der Waals surface area contributed by atoms with Gasteiger partial charge < -0.3 is 15.4 Å². The van der Waals surface area contributed by atoms with E-state index in [-0.39, 0.29) is 5.56 Å². The van der Waals surface area contributed by atoms with Gasteiger partial charge in [0.2, 0.25) is 0 Å². The van der Waals surface area contributed by atoms with Gasteiger partial charge in [0.25, 0.3) is 5.91 Å². The first-order chi connectivity index (χ1) is 15.8. The lowest BCUT2D eigenvalue weighted by Gasteiger charge is -2.13. The zero-order valence-electron chi connectivity index (χ0n) is 17.4. The summed E-state index contributed by atoms with van der Waals surface area (Å²) in [4.78, 5) is 21.0. The van der Waals surface area contributed by atoms with E-state index in [4.69, 9.17) is 4.74 Å². The molecule has 0 bridgehead atoms. The summed E-state index contributed by atoms with van der Waals surface area (Å²) in [5, 5.41) is 7.88. The van der Waals surface area contributed by atoms with Crippen molar-refractivity contribution in [3.8, 4) is 5.75 Å². The molecule has 4 rings (SSSR count). The first-order valence-electron chi connectivity index (χ1n) is 9.93. The Morgan fingerprint density at radius 1 is 1.12 bits per heavy atom. The Hall–Kier alpha value is -3.66. The molecule has 170 valence electrons. The van der Waals surface area contributed by atoms with E-state index in [1.165, 1.54) is 25.6 Å². The molecule has 0 atom stereocenters. The van der Waals surface area contributed by atoms with Crippen LogP contribution in [0.1, 0.15) is 21.5 Å². The standard InChI is InChI=1S/C23H19F3N4O2S/c1-32-19-11-14(7-9-27-21-20-18(8-10-33-20)28-13-29-21)5-6-17(19)30-22(31)15-3-2-4-16(12-15)23(24,25)26/h2-6,8,10-13H,7,9H2,1H3,(H,30,31)(H,27,28,29). The van der Waals surface area contributed by atoms with E-state index < -0.39 is 17.6 Å². The number of hydrogen-bond donors (Lipinski definition) is 2. The van der Waals surface area contributed by atoms with E-state index in [0.29, 0.717) is 24.4 Å². The highest BCUT2D eigenvalue weighted by atomic mass is 32.1. The third kappa shape index (κ3) is 5.23. The highest BCUT2D eigenvalue weighted by Crippen LogP contribution is 2.31. The van der Waals surface area contributed by atoms with Gasteiger partial charge in [-0.15, -0.1) is 11.3 Å². The van der Waals surface area contributed by atoms with Crippen molar-refractivity contribution in [2.24, 2.45) is 0 Å². The molecular weight excluding hydrogens is 453 g/mol. The summed E-state index contributed by atoms with van der Waals surface area (Å²) < 4.78 is 45.2. The molecule has 0 aliphatic rings. The zero-order valence-corrected chi connectivity index (χ0v) is 18.3. The van der Waals surface area contributed by atoms with E-state index in [9.17, 15) is 18.0 Å². The molecule has 0 unspecified atom stereocenters. The van der Waals surface area contributed by atoms with Gasteiger partial charge in [-0.05, 0) is 53.8 Å². The molecule has 0 spiro atoms. The van der Waals surface area contributed by atoms with Crippen molar-refractivity contribution in [2.75, 3.05) is 24.3 Å². The van der Waals surface area contributed by atoms with Gasteiger partial charge in [-0.2, -0.15) is 13.2 Å². The zero-order chi connectivity index (χ0) is 23.4. The summed E-state index contributed by atoms with van der Waals surface area (Å²) >= 11 is 1.56. The third-order valence-corrected chi connectivity index (χ3v) is 5.83. The summed E-state index contributed by atoms with van der Waals surface area (Å²) in [5.41, 5.74) is 1.24. The topological polar surface area (TPSA) is 76.1 Å². The minimum Gasteiger partial charge on any atom is -0.495 e. The number of nitrogens with one attached hydrogen (secondary N) is 2. The highest BCUT2D eigenvalue weighted by molar-refractivity contribution is 7.17. The molecule has 0 fully saturated rings. The van der Waals surface area contributed by atoms with E-state index in [1.807, 2.05) is 17.5 Å². The Labute approximate surface area is 191 Å². The van der Waals surface area contributed by atoms with Crippen LogP contribution in [0, 0.1) is 0 Å². The van der Waals surface area contributed by atoms with Crippen LogP contribution in [0.15, 0.2) is 60.2 Å². The third-order valence-electron chi connectivity index (χ3n) is 4.92. The number of nitrogens with zero attached hydrogens (tertiary/aromatic N) is 2. The van der Waals surface area contributed by atoms with Gasteiger partial charge in [-0.3, -0.25) is 4.79 Å². The SMILES string of the molecule is COc1cc(CCNc2ncnc3ccsc23)ccc1NC(=O)c1cccc(C(F)(F)F)c1. The van der Waals surface area contributed by atoms with Gasteiger partial charge in [0.1, 0.15) is 17.9 Å². The van der Waals surface area contributed by atoms with Crippen molar-refractivity contribution >= 4 is 39.0 Å². The first kappa shape index (κ1) is 22.5. The van der Waals surface area contributed by atoms with E-state index in [2.05, 4.69) is 20.6 Å². The second-order valence-electron chi connectivity index (χ2n) is 7.10. The van der Waals surface area contributed by atoms with Crippen LogP contribution in [0.2, 0.25) is 0 Å². The molecule has 2 aromatic carbocycles. The van der Waals surface area contributed by atoms with E-state index in [1.54, 1.807) is 23.5 Å². The van der Waals surface area contributed by atoms with Crippen molar-refractivity contribution in [2.45, 2.75) is 12.6 Å². The van der Waals surface area contributed by atoms with Gasteiger partial charge in [0, 0.05) is 12.1 Å². The van der Waals surface area contributed by atoms with Crippen LogP contribution >= 0.6 is 11.3 Å². The minimum absolute atomic E-state index is 0.0927. The second-order valence-corrected chi connectivity index (χ2v) is 8.02. The highest BCUT2D eigenvalue weighted by Gasteiger charge is 2.31. The van der Waals surface area contributed by atoms with Crippen LogP contribution in [0.3, 0.4) is 0 Å². The number of carbonyl (C=O) groups excluding carboxylic acids is 1. The molecular formula is C23H19F3N4O2S. The Morgan fingerprint density at radius 2 is 1.97 bits per heavy atom. The van der Waals surface area contributed by atoms with Crippen LogP contribution in [0.5, 0.6) is 5.75 Å². The van der Waals surface area contributed by atoms with Crippen molar-refractivity contribution in [3.05, 3.63) is 76.9 Å². The summed E-state index contributed by atoms with van der Waals surface area (Å²) in [6.07, 6.45) is -2.35. The van der Waals surface area contributed by atoms with Crippen molar-refractivity contribution in [3.63, 3.8) is 0 Å². The fourth-order valence-corrected chi connectivity index (χ4v) is 4.08. The van der Waals surface area contributed by atoms with Crippen molar-refractivity contribution in [1.82, 2.24) is 9.97 Å². The fraction of sp³-hybridized carbons (Fsp3) is 0.174. The number of rotatable bonds is 7. The molecule has 6 nitrogen and oxygen atoms in total. The van der Waals surface area contributed by atoms with Gasteiger partial charge >= 0.3 is 6.18 Å². The molecule has 1 amide bonds. The van der Waals surface area contributed by atoms with Crippen molar-refractivity contribution < 1.29 is 22.7 Å². The van der Waals surface area contributed by atoms with Crippen molar-refractivity contribution in [1.29, 1.82) is 0 Å². The Kier molecular flexibility index (Phi) is 6.45. The van der Waals surface area contributed by atoms with Gasteiger partial charge in [-0.1, -0.05) is 12.1 Å². The number of hydrogen-bond acceptors (Lipinski definition) is 6. The molecule has 0 saturated carbocycles. The summed E-state index contributed by atoms with van der Waals surface area (Å²) in [5.74, 6) is 0.528. The number of alkyl halides is 3. The second kappa shape index (κ2) is 9.45. The quantitative estimate of drug-likeness (QED) is 0.365. The van der Waals surface area contributed by atoms with Crippen LogP contribution in [0.4, 0.5) is 24.7 Å². The summed E-state index contributed by atoms with van der Waals surface area (Å²) in [6, 6.07) is 11.5. The maximum atomic E-state index is 12.9. The minimum atomic E-state index is -4.52. The van der Waals surface area contributed by atoms with Crippen LogP contribution in [0.25, 0.3) is 10.2 Å². The number of methoxy groups -OCH3 is 1. The molecule has 2 aromatic heterocycles. The molecule has 2 N–H and O–H groups in total. The van der Waals surface area contributed by atoms with Crippen LogP contribution < -0.4 is 15.4 Å². The number of aromatic nitrogens is 2. The van der Waals surface area contributed by atoms with Gasteiger partial charge in [0.05, 0.1) is 28.6 Å². The number of thiophene rings is 1. The Bertz CT molecular complexity index is 1290. The molecule has 0 saturated heterocycles. The fourth-order valence-electron chi connectivity index (χ4n) is 3.27. The average molecular weight is 472 g/mol. The number of amides is 1. The number of benzene rings is 2. The summed E-state index contributed by atoms with van der Waals surface area (Å²) in [7, 11) is 1.46. The largest absolute Gasteiger partial charge is 0.495 e. The predicted molar refractivity (Wildman–Crippen MR) is 122 cm³/mol. The summed E-state index contributed by atoms with van der Waals surface area (Å²) in [6.45, 7) is 0.614. The smallest absolute Gasteiger partial charge is 0.416 e. The molecule has 10 heteroatoms. The lowest BCUT2D eigenvalue weighted by Crippen LogP contribution is -2.14. The van der Waals surface area contributed by atoms with Gasteiger partial charge in [-0.25, -0.2) is 9.97 Å². The van der Waals surface area contributed by atoms with Gasteiger partial charge in [0.15, 0.2) is 0 Å². The molecule has 0 aliphatic carbocycles. The number of fused-ring (bicyclic) bond motifs is 1. The number of anilines is 2. The normalized spacial score (nSPS) is 11.4. The maximum Gasteiger partial charge on any atom is 0.416 e. The lowest BCUT2D eigenvalue weighted by atomic mass is 10.1. The van der Waals surface area contributed by atoms with Crippen LogP contribution in [-0.2, 0) is 12.6 Å². The monoisotopic (exact) mass is 472 g/mol. The molecule has 0 aliphatic heterocycles. The number of halogens is 3. The number of carbonyl (C=O) groups is 1. The lowest BCUT2D eigenvalue weighted by molar-refractivity contribution is -0.137. The molecule has 2 heterocycles. The first-order valence-corrected chi connectivity index (χ1v) is 10.8. The number of ether oxygens (including phenoxy) is 1. The van der Waals surface area contributed by atoms with Crippen LogP contribution in [-0.4, -0.2) is 29.5 Å². The average Bonchev–Trinajstić information content (AvgIpc) is 3.29. The maximum absolute atomic E-state index is 12.9. The van der Waals surface area contributed by atoms with E-state index in [0.717, 1.165) is 33.7 Å². The molecule has 4 aromatic rings. The Morgan fingerprint density at radius 3 is 2.76 bits per heavy atom.